The Morgan fingerprint density at radius 1 is 0.963 bits per heavy atom. The molecule has 8 heteroatoms. The third kappa shape index (κ3) is 3.87. The van der Waals surface area contributed by atoms with Crippen LogP contribution in [-0.2, 0) is 4.79 Å². The van der Waals surface area contributed by atoms with Crippen molar-refractivity contribution < 1.29 is 9.18 Å². The molecule has 2 aliphatic rings. The average Bonchev–Trinajstić information content (AvgIpc) is 3.18. The zero-order chi connectivity index (χ0) is 18.6. The maximum absolute atomic E-state index is 13.9. The normalized spacial score (nSPS) is 22.7. The number of benzene rings is 2. The predicted molar refractivity (Wildman–Crippen MR) is 102 cm³/mol. The number of carbonyl (C=O) groups is 1. The molecule has 4 N–H and O–H groups in total. The molecule has 0 aliphatic carbocycles. The predicted octanol–water partition coefficient (Wildman–Crippen LogP) is 0.894. The van der Waals surface area contributed by atoms with Gasteiger partial charge in [-0.15, -0.1) is 0 Å². The first kappa shape index (κ1) is 17.7. The second-order valence-electron chi connectivity index (χ2n) is 6.64. The number of para-hydroxylation sites is 2. The average molecular weight is 370 g/mol. The molecular weight excluding hydrogens is 347 g/mol. The van der Waals surface area contributed by atoms with Crippen LogP contribution in [0.2, 0.25) is 0 Å². The Bertz CT molecular complexity index is 781. The second-order valence-corrected chi connectivity index (χ2v) is 6.64. The summed E-state index contributed by atoms with van der Waals surface area (Å²) in [5, 5.41) is 3.04. The van der Waals surface area contributed by atoms with E-state index in [-0.39, 0.29) is 11.7 Å². The van der Waals surface area contributed by atoms with Gasteiger partial charge in [-0.1, -0.05) is 30.3 Å². The molecule has 2 heterocycles. The first-order valence-corrected chi connectivity index (χ1v) is 9.08. The minimum atomic E-state index is -0.534. The van der Waals surface area contributed by atoms with E-state index >= 15 is 0 Å². The molecule has 2 atom stereocenters. The molecule has 2 aliphatic heterocycles. The van der Waals surface area contributed by atoms with Crippen LogP contribution in [0.5, 0.6) is 0 Å². The molecule has 27 heavy (non-hydrogen) atoms. The number of piperazine rings is 1. The zero-order valence-electron chi connectivity index (χ0n) is 14.9. The number of halogens is 1. The molecule has 7 nitrogen and oxygen atoms in total. The van der Waals surface area contributed by atoms with E-state index in [1.165, 1.54) is 11.8 Å². The van der Waals surface area contributed by atoms with E-state index in [1.54, 1.807) is 18.2 Å². The van der Waals surface area contributed by atoms with Crippen LogP contribution in [0, 0.1) is 5.82 Å². The van der Waals surface area contributed by atoms with E-state index in [1.807, 2.05) is 23.1 Å². The van der Waals surface area contributed by atoms with E-state index in [2.05, 4.69) is 38.7 Å². The molecule has 0 saturated carbocycles. The van der Waals surface area contributed by atoms with Gasteiger partial charge in [0.25, 0.3) is 0 Å². The van der Waals surface area contributed by atoms with Crippen LogP contribution in [-0.4, -0.2) is 49.2 Å². The first-order chi connectivity index (χ1) is 13.2. The van der Waals surface area contributed by atoms with Crippen LogP contribution in [0.25, 0.3) is 0 Å². The summed E-state index contributed by atoms with van der Waals surface area (Å²) in [6.45, 7) is 2.88. The summed E-state index contributed by atoms with van der Waals surface area (Å²) in [5.74, 6) is -0.372. The summed E-state index contributed by atoms with van der Waals surface area (Å²) in [6.07, 6.45) is -0.457. The molecule has 2 aromatic carbocycles. The van der Waals surface area contributed by atoms with Gasteiger partial charge in [-0.2, -0.15) is 5.53 Å². The van der Waals surface area contributed by atoms with Crippen molar-refractivity contribution in [3.63, 3.8) is 0 Å². The van der Waals surface area contributed by atoms with E-state index in [0.717, 1.165) is 13.1 Å². The fourth-order valence-corrected chi connectivity index (χ4v) is 3.45. The quantitative estimate of drug-likeness (QED) is 0.641. The molecule has 0 radical (unpaired) electrons. The van der Waals surface area contributed by atoms with Gasteiger partial charge < -0.3 is 15.1 Å². The number of hydrogen-bond acceptors (Lipinski definition) is 6. The van der Waals surface area contributed by atoms with Crippen molar-refractivity contribution in [3.05, 3.63) is 60.4 Å². The number of rotatable bonds is 4. The van der Waals surface area contributed by atoms with E-state index in [9.17, 15) is 9.18 Å². The minimum absolute atomic E-state index is 0.0194. The van der Waals surface area contributed by atoms with Crippen molar-refractivity contribution in [1.82, 2.24) is 21.3 Å². The molecule has 1 amide bonds. The molecule has 0 aromatic heterocycles. The lowest BCUT2D eigenvalue weighted by atomic mass is 10.1. The van der Waals surface area contributed by atoms with Gasteiger partial charge in [0.2, 0.25) is 5.91 Å². The van der Waals surface area contributed by atoms with Crippen molar-refractivity contribution in [3.8, 4) is 0 Å². The number of nitrogens with one attached hydrogen (secondary N) is 4. The van der Waals surface area contributed by atoms with Gasteiger partial charge in [0.15, 0.2) is 0 Å². The van der Waals surface area contributed by atoms with Crippen LogP contribution < -0.4 is 26.6 Å². The van der Waals surface area contributed by atoms with Crippen molar-refractivity contribution in [2.75, 3.05) is 36.4 Å². The van der Waals surface area contributed by atoms with Gasteiger partial charge in [0, 0.05) is 31.9 Å². The maximum atomic E-state index is 13.9. The summed E-state index contributed by atoms with van der Waals surface area (Å²) in [7, 11) is 0. The molecule has 2 fully saturated rings. The molecule has 2 aromatic rings. The van der Waals surface area contributed by atoms with Crippen molar-refractivity contribution in [1.29, 1.82) is 0 Å². The largest absolute Gasteiger partial charge is 0.368 e. The highest BCUT2D eigenvalue weighted by Gasteiger charge is 2.36. The first-order valence-electron chi connectivity index (χ1n) is 9.08. The summed E-state index contributed by atoms with van der Waals surface area (Å²) < 4.78 is 13.9. The standard InChI is InChI=1S/C19H23FN6O/c20-15-8-4-5-9-16(15)21-18-17(22-24-23-18)19(27)26-12-10-25(11-13-26)14-6-2-1-3-7-14/h1-9,17-18,21-24H,10-13H2. The number of hydrazine groups is 2. The maximum Gasteiger partial charge on any atom is 0.244 e. The Hall–Kier alpha value is -2.68. The van der Waals surface area contributed by atoms with Gasteiger partial charge >= 0.3 is 0 Å². The third-order valence-corrected chi connectivity index (χ3v) is 4.95. The SMILES string of the molecule is O=C(C1NNNC1Nc1ccccc1F)N1CCN(c2ccccc2)CC1. The summed E-state index contributed by atoms with van der Waals surface area (Å²) in [6, 6.07) is 16.1. The fourth-order valence-electron chi connectivity index (χ4n) is 3.45. The number of hydrogen-bond donors (Lipinski definition) is 4. The van der Waals surface area contributed by atoms with E-state index < -0.39 is 12.2 Å². The Labute approximate surface area is 157 Å². The van der Waals surface area contributed by atoms with Crippen LogP contribution >= 0.6 is 0 Å². The molecule has 4 rings (SSSR count). The zero-order valence-corrected chi connectivity index (χ0v) is 14.9. The number of nitrogens with zero attached hydrogens (tertiary/aromatic N) is 2. The highest BCUT2D eigenvalue weighted by Crippen LogP contribution is 2.18. The molecule has 0 bridgehead atoms. The number of carbonyl (C=O) groups excluding carboxylic acids is 1. The fraction of sp³-hybridized carbons (Fsp3) is 0.316. The molecule has 2 saturated heterocycles. The highest BCUT2D eigenvalue weighted by atomic mass is 19.1. The highest BCUT2D eigenvalue weighted by molar-refractivity contribution is 5.83. The van der Waals surface area contributed by atoms with Crippen molar-refractivity contribution in [2.24, 2.45) is 0 Å². The lowest BCUT2D eigenvalue weighted by Crippen LogP contribution is -2.57. The van der Waals surface area contributed by atoms with Gasteiger partial charge in [0.05, 0.1) is 5.69 Å². The van der Waals surface area contributed by atoms with Crippen LogP contribution in [0.3, 0.4) is 0 Å². The summed E-state index contributed by atoms with van der Waals surface area (Å²) in [4.78, 5) is 17.1. The van der Waals surface area contributed by atoms with Gasteiger partial charge in [-0.05, 0) is 24.3 Å². The van der Waals surface area contributed by atoms with Crippen molar-refractivity contribution >= 4 is 17.3 Å². The summed E-state index contributed by atoms with van der Waals surface area (Å²) in [5.41, 5.74) is 10.2. The minimum Gasteiger partial charge on any atom is -0.368 e. The van der Waals surface area contributed by atoms with E-state index in [0.29, 0.717) is 18.8 Å². The van der Waals surface area contributed by atoms with E-state index in [4.69, 9.17) is 0 Å². The van der Waals surface area contributed by atoms with Crippen LogP contribution in [0.4, 0.5) is 15.8 Å². The Balaban J connectivity index is 1.37. The Morgan fingerprint density at radius 3 is 2.41 bits per heavy atom. The summed E-state index contributed by atoms with van der Waals surface area (Å²) >= 11 is 0. The monoisotopic (exact) mass is 370 g/mol. The third-order valence-electron chi connectivity index (χ3n) is 4.95. The van der Waals surface area contributed by atoms with Crippen LogP contribution in [0.15, 0.2) is 54.6 Å². The topological polar surface area (TPSA) is 71.7 Å². The van der Waals surface area contributed by atoms with Crippen molar-refractivity contribution in [2.45, 2.75) is 12.2 Å². The van der Waals surface area contributed by atoms with Gasteiger partial charge in [-0.25, -0.2) is 15.2 Å². The number of anilines is 2. The Kier molecular flexibility index (Phi) is 5.19. The lowest BCUT2D eigenvalue weighted by Gasteiger charge is -2.37. The van der Waals surface area contributed by atoms with Gasteiger partial charge in [-0.3, -0.25) is 4.79 Å². The molecule has 142 valence electrons. The second kappa shape index (κ2) is 7.91. The smallest absolute Gasteiger partial charge is 0.244 e. The molecule has 0 spiro atoms. The Morgan fingerprint density at radius 2 is 1.67 bits per heavy atom. The molecular formula is C19H23FN6O. The molecule has 2 unspecified atom stereocenters. The number of amides is 1. The van der Waals surface area contributed by atoms with Gasteiger partial charge in [0.1, 0.15) is 18.0 Å². The van der Waals surface area contributed by atoms with Crippen LogP contribution in [0.1, 0.15) is 0 Å². The lowest BCUT2D eigenvalue weighted by molar-refractivity contribution is -0.133.